The van der Waals surface area contributed by atoms with E-state index in [0.717, 1.165) is 30.8 Å². The molecule has 4 nitrogen and oxygen atoms in total. The van der Waals surface area contributed by atoms with Gasteiger partial charge in [0.15, 0.2) is 6.29 Å². The predicted octanol–water partition coefficient (Wildman–Crippen LogP) is 5.92. The zero-order chi connectivity index (χ0) is 20.1. The number of esters is 1. The van der Waals surface area contributed by atoms with E-state index in [-0.39, 0.29) is 18.5 Å². The molecule has 0 saturated carbocycles. The lowest BCUT2D eigenvalue weighted by molar-refractivity contribution is -0.182. The van der Waals surface area contributed by atoms with Gasteiger partial charge in [-0.15, -0.1) is 0 Å². The molecule has 1 aromatic rings. The van der Waals surface area contributed by atoms with E-state index in [2.05, 4.69) is 20.8 Å². The Morgan fingerprint density at radius 2 is 1.67 bits per heavy atom. The van der Waals surface area contributed by atoms with Crippen molar-refractivity contribution in [2.75, 3.05) is 6.61 Å². The summed E-state index contributed by atoms with van der Waals surface area (Å²) in [5.74, 6) is 1.13. The van der Waals surface area contributed by atoms with Crippen molar-refractivity contribution in [3.8, 4) is 5.75 Å². The molecule has 0 aromatic heterocycles. The molecular weight excluding hydrogens is 340 g/mol. The molecule has 154 valence electrons. The molecule has 0 fully saturated rings. The van der Waals surface area contributed by atoms with Gasteiger partial charge in [0.1, 0.15) is 5.75 Å². The number of unbranched alkanes of at least 4 members (excludes halogenated alkanes) is 2. The highest BCUT2D eigenvalue weighted by Gasteiger charge is 2.13. The minimum atomic E-state index is -0.518. The highest BCUT2D eigenvalue weighted by molar-refractivity contribution is 5.72. The summed E-state index contributed by atoms with van der Waals surface area (Å²) < 4.78 is 16.8. The van der Waals surface area contributed by atoms with Crippen LogP contribution in [0, 0.1) is 5.92 Å². The quantitative estimate of drug-likeness (QED) is 0.229. The lowest BCUT2D eigenvalue weighted by Crippen LogP contribution is -2.23. The fourth-order valence-electron chi connectivity index (χ4n) is 2.99. The molecule has 0 radical (unpaired) electrons. The normalized spacial score (nSPS) is 14.4. The lowest BCUT2D eigenvalue weighted by atomic mass is 10.0. The Labute approximate surface area is 165 Å². The molecule has 0 aliphatic carbocycles. The van der Waals surface area contributed by atoms with Crippen molar-refractivity contribution in [2.24, 2.45) is 5.92 Å². The van der Waals surface area contributed by atoms with Gasteiger partial charge in [-0.1, -0.05) is 58.6 Å². The largest absolute Gasteiger partial charge is 0.493 e. The van der Waals surface area contributed by atoms with Gasteiger partial charge < -0.3 is 14.2 Å². The van der Waals surface area contributed by atoms with Crippen LogP contribution in [0.1, 0.15) is 78.7 Å². The van der Waals surface area contributed by atoms with E-state index in [1.165, 1.54) is 25.7 Å². The van der Waals surface area contributed by atoms with Crippen molar-refractivity contribution >= 4 is 5.97 Å². The van der Waals surface area contributed by atoms with Crippen LogP contribution in [-0.2, 0) is 20.7 Å². The fraction of sp³-hybridized carbons (Fsp3) is 0.696. The van der Waals surface area contributed by atoms with Crippen LogP contribution in [0.25, 0.3) is 0 Å². The molecule has 0 bridgehead atoms. The Kier molecular flexibility index (Phi) is 11.8. The summed E-state index contributed by atoms with van der Waals surface area (Å²) in [6.45, 7) is 11.1. The molecule has 0 amide bonds. The molecule has 0 saturated heterocycles. The van der Waals surface area contributed by atoms with E-state index in [1.54, 1.807) is 6.92 Å². The van der Waals surface area contributed by atoms with Crippen LogP contribution in [0.3, 0.4) is 0 Å². The zero-order valence-corrected chi connectivity index (χ0v) is 17.8. The van der Waals surface area contributed by atoms with Gasteiger partial charge in [0.2, 0.25) is 0 Å². The van der Waals surface area contributed by atoms with E-state index in [9.17, 15) is 4.79 Å². The van der Waals surface area contributed by atoms with Gasteiger partial charge in [-0.2, -0.15) is 0 Å². The van der Waals surface area contributed by atoms with Crippen LogP contribution in [0.5, 0.6) is 5.75 Å². The smallest absolute Gasteiger partial charge is 0.312 e. The van der Waals surface area contributed by atoms with Gasteiger partial charge in [-0.3, -0.25) is 4.79 Å². The Morgan fingerprint density at radius 1 is 0.963 bits per heavy atom. The summed E-state index contributed by atoms with van der Waals surface area (Å²) in [5, 5.41) is 0. The molecule has 1 rings (SSSR count). The molecule has 0 spiro atoms. The fourth-order valence-corrected chi connectivity index (χ4v) is 2.99. The first-order valence-electron chi connectivity index (χ1n) is 10.5. The standard InChI is InChI=1S/C23H38O4/c1-6-8-9-11-18(3)17-25-22-14-12-21(13-15-22)16-23(24)27-20(5)26-19(4)10-7-2/h12-15,18-20H,6-11,16-17H2,1-5H3. The van der Waals surface area contributed by atoms with E-state index in [4.69, 9.17) is 14.2 Å². The molecule has 27 heavy (non-hydrogen) atoms. The molecule has 4 heteroatoms. The molecule has 0 heterocycles. The Morgan fingerprint density at radius 3 is 2.30 bits per heavy atom. The van der Waals surface area contributed by atoms with E-state index < -0.39 is 6.29 Å². The third-order valence-corrected chi connectivity index (χ3v) is 4.52. The Bertz CT molecular complexity index is 512. The molecular formula is C23H38O4. The zero-order valence-electron chi connectivity index (χ0n) is 17.8. The highest BCUT2D eigenvalue weighted by atomic mass is 16.7. The second-order valence-electron chi connectivity index (χ2n) is 7.53. The number of hydrogen-bond donors (Lipinski definition) is 0. The van der Waals surface area contributed by atoms with Gasteiger partial charge in [-0.25, -0.2) is 0 Å². The van der Waals surface area contributed by atoms with Gasteiger partial charge in [-0.05, 0) is 50.3 Å². The Balaban J connectivity index is 2.33. The van der Waals surface area contributed by atoms with Crippen LogP contribution in [0.15, 0.2) is 24.3 Å². The van der Waals surface area contributed by atoms with Crippen LogP contribution in [0.2, 0.25) is 0 Å². The number of carbonyl (C=O) groups excluding carboxylic acids is 1. The van der Waals surface area contributed by atoms with Crippen molar-refractivity contribution in [3.05, 3.63) is 29.8 Å². The molecule has 0 aliphatic heterocycles. The maximum atomic E-state index is 12.1. The number of benzene rings is 1. The number of carbonyl (C=O) groups is 1. The summed E-state index contributed by atoms with van der Waals surface area (Å²) in [5.41, 5.74) is 0.914. The molecule has 0 N–H and O–H groups in total. The van der Waals surface area contributed by atoms with Crippen molar-refractivity contribution in [3.63, 3.8) is 0 Å². The maximum Gasteiger partial charge on any atom is 0.312 e. The molecule has 3 atom stereocenters. The minimum absolute atomic E-state index is 0.0959. The van der Waals surface area contributed by atoms with Crippen LogP contribution >= 0.6 is 0 Å². The third kappa shape index (κ3) is 11.0. The van der Waals surface area contributed by atoms with Gasteiger partial charge in [0.25, 0.3) is 0 Å². The van der Waals surface area contributed by atoms with Gasteiger partial charge >= 0.3 is 5.97 Å². The van der Waals surface area contributed by atoms with E-state index in [1.807, 2.05) is 31.2 Å². The second-order valence-corrected chi connectivity index (χ2v) is 7.53. The molecule has 3 unspecified atom stereocenters. The minimum Gasteiger partial charge on any atom is -0.493 e. The first-order chi connectivity index (χ1) is 12.9. The lowest BCUT2D eigenvalue weighted by Gasteiger charge is -2.19. The monoisotopic (exact) mass is 378 g/mol. The van der Waals surface area contributed by atoms with Crippen LogP contribution < -0.4 is 4.74 Å². The number of ether oxygens (including phenoxy) is 3. The molecule has 1 aromatic carbocycles. The van der Waals surface area contributed by atoms with Crippen LogP contribution in [0.4, 0.5) is 0 Å². The van der Waals surface area contributed by atoms with E-state index in [0.29, 0.717) is 5.92 Å². The summed E-state index contributed by atoms with van der Waals surface area (Å²) >= 11 is 0. The first kappa shape index (κ1) is 23.5. The third-order valence-electron chi connectivity index (χ3n) is 4.52. The SMILES string of the molecule is CCCCCC(C)COc1ccc(CC(=O)OC(C)OC(C)CCC)cc1. The van der Waals surface area contributed by atoms with Crippen molar-refractivity contribution < 1.29 is 19.0 Å². The topological polar surface area (TPSA) is 44.8 Å². The van der Waals surface area contributed by atoms with Gasteiger partial charge in [0.05, 0.1) is 19.1 Å². The van der Waals surface area contributed by atoms with Crippen molar-refractivity contribution in [1.82, 2.24) is 0 Å². The van der Waals surface area contributed by atoms with E-state index >= 15 is 0 Å². The predicted molar refractivity (Wildman–Crippen MR) is 110 cm³/mol. The number of rotatable bonds is 14. The first-order valence-corrected chi connectivity index (χ1v) is 10.5. The Hall–Kier alpha value is -1.55. The number of hydrogen-bond acceptors (Lipinski definition) is 4. The van der Waals surface area contributed by atoms with Crippen molar-refractivity contribution in [2.45, 2.75) is 92.0 Å². The van der Waals surface area contributed by atoms with Crippen LogP contribution in [-0.4, -0.2) is 25.0 Å². The second kappa shape index (κ2) is 13.6. The molecule has 0 aliphatic rings. The summed E-state index contributed by atoms with van der Waals surface area (Å²) in [6.07, 6.45) is 6.83. The average Bonchev–Trinajstić information content (AvgIpc) is 2.61. The van der Waals surface area contributed by atoms with Gasteiger partial charge in [0, 0.05) is 0 Å². The summed E-state index contributed by atoms with van der Waals surface area (Å²) in [6, 6.07) is 7.68. The summed E-state index contributed by atoms with van der Waals surface area (Å²) in [4.78, 5) is 12.1. The van der Waals surface area contributed by atoms with Crippen molar-refractivity contribution in [1.29, 1.82) is 0 Å². The highest BCUT2D eigenvalue weighted by Crippen LogP contribution is 2.16. The summed E-state index contributed by atoms with van der Waals surface area (Å²) in [7, 11) is 0. The maximum absolute atomic E-state index is 12.1. The average molecular weight is 379 g/mol.